The Kier molecular flexibility index (Phi) is 5.97. The third-order valence-corrected chi connectivity index (χ3v) is 6.24. The summed E-state index contributed by atoms with van der Waals surface area (Å²) in [6.07, 6.45) is 5.12. The quantitative estimate of drug-likeness (QED) is 0.636. The predicted molar refractivity (Wildman–Crippen MR) is 111 cm³/mol. The average molecular weight is 412 g/mol. The number of para-hydroxylation sites is 1. The van der Waals surface area contributed by atoms with Crippen molar-refractivity contribution in [2.75, 3.05) is 13.2 Å². The van der Waals surface area contributed by atoms with Crippen LogP contribution in [0.3, 0.4) is 0 Å². The predicted octanol–water partition coefficient (Wildman–Crippen LogP) is 5.67. The van der Waals surface area contributed by atoms with E-state index >= 15 is 0 Å². The molecule has 160 valence electrons. The van der Waals surface area contributed by atoms with Crippen LogP contribution in [0.2, 0.25) is 0 Å². The third-order valence-electron chi connectivity index (χ3n) is 6.24. The highest BCUT2D eigenvalue weighted by atomic mass is 16.6. The van der Waals surface area contributed by atoms with Crippen molar-refractivity contribution in [2.24, 2.45) is 5.92 Å². The highest BCUT2D eigenvalue weighted by molar-refractivity contribution is 5.53. The van der Waals surface area contributed by atoms with Crippen molar-refractivity contribution in [2.45, 2.75) is 49.7 Å². The third kappa shape index (κ3) is 4.94. The fraction of sp³-hybridized carbons (Fsp3) is 0.458. The molecule has 2 heterocycles. The summed E-state index contributed by atoms with van der Waals surface area (Å²) in [7, 11) is 0. The number of rotatable bonds is 6. The Balaban J connectivity index is 0.000000503. The molecule has 0 radical (unpaired) electrons. The Bertz CT molecular complexity index is 832. The van der Waals surface area contributed by atoms with E-state index in [2.05, 4.69) is 18.2 Å². The Morgan fingerprint density at radius 3 is 2.23 bits per heavy atom. The molecule has 2 N–H and O–H groups in total. The molecule has 0 spiro atoms. The van der Waals surface area contributed by atoms with Crippen molar-refractivity contribution in [3.63, 3.8) is 0 Å². The topological polar surface area (TPSA) is 85.2 Å². The van der Waals surface area contributed by atoms with Crippen LogP contribution in [0.1, 0.15) is 44.1 Å². The van der Waals surface area contributed by atoms with Gasteiger partial charge < -0.3 is 24.4 Å². The summed E-state index contributed by atoms with van der Waals surface area (Å²) in [5.41, 5.74) is 1.05. The molecule has 0 amide bonds. The maximum absolute atomic E-state index is 8.56. The summed E-state index contributed by atoms with van der Waals surface area (Å²) < 4.78 is 18.8. The lowest BCUT2D eigenvalue weighted by atomic mass is 9.70. The van der Waals surface area contributed by atoms with Crippen LogP contribution in [0.4, 0.5) is 4.79 Å². The summed E-state index contributed by atoms with van der Waals surface area (Å²) in [6.45, 7) is 1.65. The van der Waals surface area contributed by atoms with Crippen LogP contribution in [0, 0.1) is 5.92 Å². The van der Waals surface area contributed by atoms with Crippen molar-refractivity contribution in [1.29, 1.82) is 0 Å². The first-order valence-corrected chi connectivity index (χ1v) is 10.5. The van der Waals surface area contributed by atoms with E-state index in [1.807, 2.05) is 36.4 Å². The minimum atomic E-state index is -1.83. The lowest BCUT2D eigenvalue weighted by molar-refractivity contribution is -0.241. The van der Waals surface area contributed by atoms with Gasteiger partial charge in [0, 0.05) is 0 Å². The van der Waals surface area contributed by atoms with Gasteiger partial charge in [0.2, 0.25) is 0 Å². The van der Waals surface area contributed by atoms with E-state index in [4.69, 9.17) is 29.2 Å². The minimum absolute atomic E-state index is 0.0253. The Morgan fingerprint density at radius 2 is 1.63 bits per heavy atom. The van der Waals surface area contributed by atoms with E-state index in [0.29, 0.717) is 0 Å². The Morgan fingerprint density at radius 1 is 0.967 bits per heavy atom. The molecular weight excluding hydrogens is 384 g/mol. The molecule has 6 rings (SSSR count). The first-order valence-electron chi connectivity index (χ1n) is 10.5. The van der Waals surface area contributed by atoms with Crippen LogP contribution in [0.15, 0.2) is 54.6 Å². The molecule has 0 unspecified atom stereocenters. The van der Waals surface area contributed by atoms with Crippen LogP contribution in [0.25, 0.3) is 0 Å². The van der Waals surface area contributed by atoms with E-state index in [-0.39, 0.29) is 11.2 Å². The van der Waals surface area contributed by atoms with Gasteiger partial charge in [0.15, 0.2) is 0 Å². The van der Waals surface area contributed by atoms with E-state index in [9.17, 15) is 0 Å². The van der Waals surface area contributed by atoms with Gasteiger partial charge in [-0.25, -0.2) is 4.79 Å². The first kappa shape index (κ1) is 20.7. The molecular formula is C24H28O6. The minimum Gasteiger partial charge on any atom is -0.457 e. The van der Waals surface area contributed by atoms with Gasteiger partial charge in [0.05, 0.1) is 24.4 Å². The largest absolute Gasteiger partial charge is 0.503 e. The molecule has 2 aliphatic carbocycles. The number of ether oxygens (including phenoxy) is 3. The van der Waals surface area contributed by atoms with Gasteiger partial charge in [-0.15, -0.1) is 0 Å². The second-order valence-corrected chi connectivity index (χ2v) is 8.45. The van der Waals surface area contributed by atoms with Crippen LogP contribution in [0.5, 0.6) is 11.5 Å². The van der Waals surface area contributed by atoms with Gasteiger partial charge in [-0.05, 0) is 74.3 Å². The highest BCUT2D eigenvalue weighted by Gasteiger charge is 2.51. The first-order chi connectivity index (χ1) is 14.5. The summed E-state index contributed by atoms with van der Waals surface area (Å²) in [6, 6.07) is 18.4. The van der Waals surface area contributed by atoms with Gasteiger partial charge in [0.25, 0.3) is 0 Å². The summed E-state index contributed by atoms with van der Waals surface area (Å²) >= 11 is 0. The fourth-order valence-corrected chi connectivity index (χ4v) is 4.27. The monoisotopic (exact) mass is 412 g/mol. The van der Waals surface area contributed by atoms with Crippen LogP contribution in [-0.2, 0) is 15.1 Å². The molecule has 2 aromatic rings. The van der Waals surface area contributed by atoms with Gasteiger partial charge in [-0.2, -0.15) is 0 Å². The highest BCUT2D eigenvalue weighted by Crippen LogP contribution is 2.51. The number of benzene rings is 2. The van der Waals surface area contributed by atoms with Crippen LogP contribution in [-0.4, -0.2) is 35.2 Å². The SMILES string of the molecule is O=C(O)O.c1ccc(Oc2cccc(C34CCC(OCC5CC5)(CC3)CO4)c2)cc1. The van der Waals surface area contributed by atoms with Gasteiger partial charge in [-0.3, -0.25) is 0 Å². The fourth-order valence-electron chi connectivity index (χ4n) is 4.27. The molecule has 0 atom stereocenters. The molecule has 0 aromatic heterocycles. The molecule has 6 heteroatoms. The molecule has 6 nitrogen and oxygen atoms in total. The summed E-state index contributed by atoms with van der Waals surface area (Å²) in [5, 5.41) is 13.9. The zero-order chi connectivity index (χ0) is 21.0. The molecule has 2 aliphatic heterocycles. The standard InChI is InChI=1S/C23H26O3.CH2O3/c1-2-6-20(7-3-1)26-21-8-4-5-19(15-21)23-13-11-22(12-14-23,17-25-23)24-16-18-9-10-18;2-1(3)4/h1-8,15,18H,9-14,16-17H2;(H2,2,3,4). The Hall–Kier alpha value is -2.57. The molecule has 2 aromatic carbocycles. The van der Waals surface area contributed by atoms with E-state index in [1.165, 1.54) is 18.4 Å². The number of hydrogen-bond donors (Lipinski definition) is 2. The second kappa shape index (κ2) is 8.66. The molecule has 30 heavy (non-hydrogen) atoms. The van der Waals surface area contributed by atoms with Crippen LogP contribution >= 0.6 is 0 Å². The summed E-state index contributed by atoms with van der Waals surface area (Å²) in [4.78, 5) is 8.56. The number of carboxylic acid groups (broad SMARTS) is 2. The average Bonchev–Trinajstić information content (AvgIpc) is 3.59. The lowest BCUT2D eigenvalue weighted by Gasteiger charge is -2.53. The van der Waals surface area contributed by atoms with Crippen molar-refractivity contribution < 1.29 is 29.2 Å². The van der Waals surface area contributed by atoms with Crippen LogP contribution < -0.4 is 4.74 Å². The molecule has 2 saturated heterocycles. The summed E-state index contributed by atoms with van der Waals surface area (Å²) in [5.74, 6) is 2.55. The van der Waals surface area contributed by atoms with Crippen molar-refractivity contribution in [3.05, 3.63) is 60.2 Å². The van der Waals surface area contributed by atoms with Gasteiger partial charge >= 0.3 is 6.16 Å². The van der Waals surface area contributed by atoms with Gasteiger partial charge in [0.1, 0.15) is 11.5 Å². The van der Waals surface area contributed by atoms with E-state index in [0.717, 1.165) is 56.3 Å². The maximum Gasteiger partial charge on any atom is 0.503 e. The zero-order valence-electron chi connectivity index (χ0n) is 17.0. The maximum atomic E-state index is 8.56. The lowest BCUT2D eigenvalue weighted by Crippen LogP contribution is -2.54. The van der Waals surface area contributed by atoms with Crippen molar-refractivity contribution >= 4 is 6.16 Å². The number of fused-ring (bicyclic) bond motifs is 3. The zero-order valence-corrected chi connectivity index (χ0v) is 17.0. The van der Waals surface area contributed by atoms with Crippen molar-refractivity contribution in [3.8, 4) is 11.5 Å². The normalized spacial score (nSPS) is 27.1. The van der Waals surface area contributed by atoms with Gasteiger partial charge in [-0.1, -0.05) is 30.3 Å². The second-order valence-electron chi connectivity index (χ2n) is 8.45. The van der Waals surface area contributed by atoms with E-state index in [1.54, 1.807) is 0 Å². The van der Waals surface area contributed by atoms with Crippen molar-refractivity contribution in [1.82, 2.24) is 0 Å². The molecule has 4 aliphatic rings. The molecule has 4 fully saturated rings. The number of hydrogen-bond acceptors (Lipinski definition) is 4. The smallest absolute Gasteiger partial charge is 0.457 e. The number of carbonyl (C=O) groups is 1. The Labute approximate surface area is 176 Å². The molecule has 2 saturated carbocycles. The molecule has 2 bridgehead atoms. The van der Waals surface area contributed by atoms with E-state index < -0.39 is 6.16 Å².